The van der Waals surface area contributed by atoms with Crippen molar-refractivity contribution in [2.75, 3.05) is 12.4 Å². The molecule has 1 aromatic carbocycles. The van der Waals surface area contributed by atoms with Crippen LogP contribution in [0.25, 0.3) is 0 Å². The highest BCUT2D eigenvalue weighted by Crippen LogP contribution is 2.39. The number of nitrogens with one attached hydrogen (secondary N) is 1. The Balaban J connectivity index is 1.90. The van der Waals surface area contributed by atoms with Gasteiger partial charge in [-0.1, -0.05) is 0 Å². The third kappa shape index (κ3) is 2.90. The molecule has 1 aromatic heterocycles. The average Bonchev–Trinajstić information content (AvgIpc) is 3.25. The van der Waals surface area contributed by atoms with E-state index in [1.165, 1.54) is 6.07 Å². The molecule has 0 atom stereocenters. The number of hydrogen-bond donors (Lipinski definition) is 1. The highest BCUT2D eigenvalue weighted by Gasteiger charge is 2.27. The maximum atomic E-state index is 13.8. The van der Waals surface area contributed by atoms with Crippen molar-refractivity contribution in [3.63, 3.8) is 0 Å². The largest absolute Gasteiger partial charge is 0.497 e. The first-order chi connectivity index (χ1) is 9.65. The number of hydrogen-bond acceptors (Lipinski definition) is 4. The second-order valence-corrected chi connectivity index (χ2v) is 5.49. The molecule has 1 saturated carbocycles. The Labute approximate surface area is 124 Å². The zero-order valence-corrected chi connectivity index (χ0v) is 12.4. The van der Waals surface area contributed by atoms with Gasteiger partial charge in [0.1, 0.15) is 27.8 Å². The van der Waals surface area contributed by atoms with Crippen molar-refractivity contribution < 1.29 is 9.13 Å². The molecule has 6 heteroatoms. The average molecular weight is 338 g/mol. The Hall–Kier alpha value is -1.69. The number of rotatable bonds is 4. The van der Waals surface area contributed by atoms with Crippen molar-refractivity contribution in [3.05, 3.63) is 40.5 Å². The van der Waals surface area contributed by atoms with Crippen LogP contribution in [0.15, 0.2) is 28.9 Å². The van der Waals surface area contributed by atoms with Crippen LogP contribution in [0.5, 0.6) is 5.75 Å². The molecule has 0 radical (unpaired) electrons. The molecule has 0 amide bonds. The van der Waals surface area contributed by atoms with E-state index in [4.69, 9.17) is 4.74 Å². The number of aromatic nitrogens is 2. The first-order valence-electron chi connectivity index (χ1n) is 6.31. The number of ether oxygens (including phenoxy) is 1. The molecule has 1 aliphatic rings. The van der Waals surface area contributed by atoms with Crippen LogP contribution in [0.3, 0.4) is 0 Å². The third-order valence-corrected chi connectivity index (χ3v) is 3.50. The topological polar surface area (TPSA) is 47.0 Å². The van der Waals surface area contributed by atoms with Gasteiger partial charge in [-0.2, -0.15) is 0 Å². The standard InChI is InChI=1S/C14H13BrFN3O/c1-20-9-4-5-10(16)11(6-9)17-13-7-12(15)18-14(19-13)8-2-3-8/h4-8H,2-3H2,1H3,(H,17,18,19). The Morgan fingerprint density at radius 1 is 1.30 bits per heavy atom. The van der Waals surface area contributed by atoms with Gasteiger partial charge >= 0.3 is 0 Å². The lowest BCUT2D eigenvalue weighted by atomic mass is 10.3. The predicted octanol–water partition coefficient (Wildman–Crippen LogP) is 4.01. The van der Waals surface area contributed by atoms with Crippen LogP contribution in [0, 0.1) is 5.82 Å². The highest BCUT2D eigenvalue weighted by atomic mass is 79.9. The molecule has 2 aromatic rings. The summed E-state index contributed by atoms with van der Waals surface area (Å²) >= 11 is 3.36. The van der Waals surface area contributed by atoms with Crippen LogP contribution in [0.2, 0.25) is 0 Å². The van der Waals surface area contributed by atoms with Crippen LogP contribution in [-0.2, 0) is 0 Å². The van der Waals surface area contributed by atoms with E-state index in [1.807, 2.05) is 0 Å². The van der Waals surface area contributed by atoms with E-state index < -0.39 is 0 Å². The quantitative estimate of drug-likeness (QED) is 0.856. The van der Waals surface area contributed by atoms with Crippen molar-refractivity contribution >= 4 is 27.4 Å². The van der Waals surface area contributed by atoms with Gasteiger partial charge in [0.15, 0.2) is 0 Å². The predicted molar refractivity (Wildman–Crippen MR) is 77.9 cm³/mol. The number of methoxy groups -OCH3 is 1. The van der Waals surface area contributed by atoms with Gasteiger partial charge in [0, 0.05) is 18.1 Å². The summed E-state index contributed by atoms with van der Waals surface area (Å²) in [6.45, 7) is 0. The molecular weight excluding hydrogens is 325 g/mol. The fraction of sp³-hybridized carbons (Fsp3) is 0.286. The molecule has 1 N–H and O–H groups in total. The summed E-state index contributed by atoms with van der Waals surface area (Å²) in [5.74, 6) is 2.03. The van der Waals surface area contributed by atoms with Gasteiger partial charge in [-0.3, -0.25) is 0 Å². The molecule has 1 aliphatic carbocycles. The minimum absolute atomic E-state index is 0.330. The lowest BCUT2D eigenvalue weighted by molar-refractivity contribution is 0.414. The molecule has 1 heterocycles. The Kier molecular flexibility index (Phi) is 3.56. The minimum Gasteiger partial charge on any atom is -0.497 e. The molecular formula is C14H13BrFN3O. The van der Waals surface area contributed by atoms with Crippen molar-refractivity contribution in [3.8, 4) is 5.75 Å². The number of benzene rings is 1. The van der Waals surface area contributed by atoms with E-state index in [1.54, 1.807) is 25.3 Å². The summed E-state index contributed by atoms with van der Waals surface area (Å²) in [4.78, 5) is 8.77. The first kappa shape index (κ1) is 13.3. The summed E-state index contributed by atoms with van der Waals surface area (Å²) in [7, 11) is 1.55. The molecule has 1 fully saturated rings. The van der Waals surface area contributed by atoms with Gasteiger partial charge in [0.2, 0.25) is 0 Å². The van der Waals surface area contributed by atoms with E-state index in [-0.39, 0.29) is 5.82 Å². The molecule has 0 unspecified atom stereocenters. The molecule has 0 aliphatic heterocycles. The summed E-state index contributed by atoms with van der Waals surface area (Å²) < 4.78 is 19.6. The van der Waals surface area contributed by atoms with Crippen molar-refractivity contribution in [2.45, 2.75) is 18.8 Å². The molecule has 0 saturated heterocycles. The summed E-state index contributed by atoms with van der Waals surface area (Å²) in [5, 5.41) is 2.97. The van der Waals surface area contributed by atoms with Crippen LogP contribution in [0.1, 0.15) is 24.6 Å². The Bertz CT molecular complexity index is 646. The minimum atomic E-state index is -0.353. The fourth-order valence-electron chi connectivity index (χ4n) is 1.89. The molecule has 104 valence electrons. The SMILES string of the molecule is COc1ccc(F)c(Nc2cc(Br)nc(C3CC3)n2)c1. The van der Waals surface area contributed by atoms with Crippen molar-refractivity contribution in [2.24, 2.45) is 0 Å². The molecule has 0 spiro atoms. The van der Waals surface area contributed by atoms with Crippen LogP contribution in [0.4, 0.5) is 15.9 Å². The normalized spacial score (nSPS) is 14.2. The second kappa shape index (κ2) is 5.36. The lowest BCUT2D eigenvalue weighted by Gasteiger charge is -2.10. The molecule has 4 nitrogen and oxygen atoms in total. The van der Waals surface area contributed by atoms with E-state index in [0.29, 0.717) is 27.8 Å². The zero-order chi connectivity index (χ0) is 14.1. The monoisotopic (exact) mass is 337 g/mol. The van der Waals surface area contributed by atoms with Crippen LogP contribution in [-0.4, -0.2) is 17.1 Å². The maximum Gasteiger partial charge on any atom is 0.146 e. The van der Waals surface area contributed by atoms with E-state index in [9.17, 15) is 4.39 Å². The maximum absolute atomic E-state index is 13.8. The fourth-order valence-corrected chi connectivity index (χ4v) is 2.29. The van der Waals surface area contributed by atoms with Gasteiger partial charge in [-0.15, -0.1) is 0 Å². The number of nitrogens with zero attached hydrogens (tertiary/aromatic N) is 2. The highest BCUT2D eigenvalue weighted by molar-refractivity contribution is 9.10. The Morgan fingerprint density at radius 3 is 2.80 bits per heavy atom. The van der Waals surface area contributed by atoms with E-state index in [0.717, 1.165) is 18.7 Å². The third-order valence-electron chi connectivity index (χ3n) is 3.09. The Morgan fingerprint density at radius 2 is 2.10 bits per heavy atom. The van der Waals surface area contributed by atoms with Gasteiger partial charge in [-0.25, -0.2) is 14.4 Å². The molecule has 20 heavy (non-hydrogen) atoms. The van der Waals surface area contributed by atoms with Crippen LogP contribution >= 0.6 is 15.9 Å². The molecule has 0 bridgehead atoms. The summed E-state index contributed by atoms with van der Waals surface area (Å²) in [5.41, 5.74) is 0.330. The second-order valence-electron chi connectivity index (χ2n) is 4.68. The van der Waals surface area contributed by atoms with E-state index >= 15 is 0 Å². The van der Waals surface area contributed by atoms with Gasteiger partial charge in [0.05, 0.1) is 12.8 Å². The van der Waals surface area contributed by atoms with Gasteiger partial charge in [0.25, 0.3) is 0 Å². The number of anilines is 2. The van der Waals surface area contributed by atoms with Crippen molar-refractivity contribution in [1.82, 2.24) is 9.97 Å². The van der Waals surface area contributed by atoms with Crippen molar-refractivity contribution in [1.29, 1.82) is 0 Å². The summed E-state index contributed by atoms with van der Waals surface area (Å²) in [6.07, 6.45) is 2.23. The van der Waals surface area contributed by atoms with Gasteiger partial charge < -0.3 is 10.1 Å². The number of halogens is 2. The lowest BCUT2D eigenvalue weighted by Crippen LogP contribution is -2.01. The van der Waals surface area contributed by atoms with Crippen LogP contribution < -0.4 is 10.1 Å². The van der Waals surface area contributed by atoms with Gasteiger partial charge in [-0.05, 0) is 40.9 Å². The molecule has 3 rings (SSSR count). The first-order valence-corrected chi connectivity index (χ1v) is 7.10. The smallest absolute Gasteiger partial charge is 0.146 e. The summed E-state index contributed by atoms with van der Waals surface area (Å²) in [6, 6.07) is 6.26. The zero-order valence-electron chi connectivity index (χ0n) is 10.9. The van der Waals surface area contributed by atoms with E-state index in [2.05, 4.69) is 31.2 Å².